The molecule has 2 heterocycles. The molecule has 1 aliphatic carbocycles. The van der Waals surface area contributed by atoms with Crippen LogP contribution in [0.25, 0.3) is 0 Å². The average molecular weight is 275 g/mol. The Morgan fingerprint density at radius 2 is 2.21 bits per heavy atom. The number of nitrogens with zero attached hydrogens (tertiary/aromatic N) is 2. The number of nitrogens with two attached hydrogens (primary N) is 1. The number of nitrogen functional groups attached to an aromatic ring is 1. The molecule has 100 valence electrons. The summed E-state index contributed by atoms with van der Waals surface area (Å²) >= 11 is 1.85. The molecule has 0 saturated heterocycles. The van der Waals surface area contributed by atoms with Gasteiger partial charge in [0.1, 0.15) is 18.0 Å². The zero-order chi connectivity index (χ0) is 13.2. The molecule has 0 aromatic carbocycles. The van der Waals surface area contributed by atoms with E-state index >= 15 is 0 Å². The molecule has 2 aromatic heterocycles. The molecule has 0 radical (unpaired) electrons. The molecule has 3 rings (SSSR count). The first-order chi connectivity index (χ1) is 9.29. The quantitative estimate of drug-likeness (QED) is 0.593. The van der Waals surface area contributed by atoms with Gasteiger partial charge in [-0.3, -0.25) is 0 Å². The van der Waals surface area contributed by atoms with Crippen LogP contribution < -0.4 is 16.6 Å². The maximum Gasteiger partial charge on any atom is 0.148 e. The number of hydrogen-bond acceptors (Lipinski definition) is 6. The van der Waals surface area contributed by atoms with Gasteiger partial charge in [-0.15, -0.1) is 11.3 Å². The van der Waals surface area contributed by atoms with Crippen molar-refractivity contribution in [3.05, 3.63) is 33.8 Å². The summed E-state index contributed by atoms with van der Waals surface area (Å²) in [6.45, 7) is 1.97. The van der Waals surface area contributed by atoms with Gasteiger partial charge < -0.3 is 10.7 Å². The number of thiophene rings is 1. The Bertz CT molecular complexity index is 580. The molecule has 0 saturated carbocycles. The van der Waals surface area contributed by atoms with Gasteiger partial charge in [0.2, 0.25) is 0 Å². The predicted molar refractivity (Wildman–Crippen MR) is 78.2 cm³/mol. The Kier molecular flexibility index (Phi) is 3.35. The molecule has 19 heavy (non-hydrogen) atoms. The molecule has 5 nitrogen and oxygen atoms in total. The smallest absolute Gasteiger partial charge is 0.148 e. The van der Waals surface area contributed by atoms with Crippen molar-refractivity contribution in [3.63, 3.8) is 0 Å². The normalized spacial score (nSPS) is 17.9. The zero-order valence-electron chi connectivity index (χ0n) is 10.8. The number of aromatic nitrogens is 2. The number of nitrogens with one attached hydrogen (secondary N) is 2. The van der Waals surface area contributed by atoms with E-state index in [-0.39, 0.29) is 0 Å². The Morgan fingerprint density at radius 1 is 1.37 bits per heavy atom. The summed E-state index contributed by atoms with van der Waals surface area (Å²) in [7, 11) is 0. The molecule has 0 fully saturated rings. The first-order valence-corrected chi connectivity index (χ1v) is 7.28. The number of hydrazine groups is 1. The fraction of sp³-hybridized carbons (Fsp3) is 0.385. The minimum atomic E-state index is 0.342. The number of anilines is 2. The second kappa shape index (κ2) is 5.14. The number of hydrogen-bond donors (Lipinski definition) is 3. The van der Waals surface area contributed by atoms with Gasteiger partial charge in [0.05, 0.1) is 6.04 Å². The maximum absolute atomic E-state index is 5.45. The van der Waals surface area contributed by atoms with Crippen LogP contribution in [0.2, 0.25) is 0 Å². The fourth-order valence-corrected chi connectivity index (χ4v) is 3.53. The van der Waals surface area contributed by atoms with E-state index in [1.807, 2.05) is 18.3 Å². The highest BCUT2D eigenvalue weighted by molar-refractivity contribution is 7.10. The summed E-state index contributed by atoms with van der Waals surface area (Å²) in [6, 6.07) is 2.56. The summed E-state index contributed by atoms with van der Waals surface area (Å²) in [5.74, 6) is 6.97. The van der Waals surface area contributed by atoms with Crippen LogP contribution in [0.3, 0.4) is 0 Å². The van der Waals surface area contributed by atoms with Crippen molar-refractivity contribution in [3.8, 4) is 0 Å². The highest BCUT2D eigenvalue weighted by Gasteiger charge is 2.22. The maximum atomic E-state index is 5.45. The Hall–Kier alpha value is -1.66. The molecule has 2 aromatic rings. The summed E-state index contributed by atoms with van der Waals surface area (Å²) in [4.78, 5) is 9.92. The third-order valence-corrected chi connectivity index (χ3v) is 4.58. The molecule has 4 N–H and O–H groups in total. The molecule has 0 aliphatic heterocycles. The standard InChI is InChI=1S/C13H17N5S/c1-8-12(15-7-16-13(8)18-14)17-10-3-2-4-11-9(10)5-6-19-11/h5-7,10H,2-4,14H2,1H3,(H2,15,16,17,18). The van der Waals surface area contributed by atoms with Gasteiger partial charge in [-0.1, -0.05) is 0 Å². The number of aryl methyl sites for hydroxylation is 1. The minimum absolute atomic E-state index is 0.342. The summed E-state index contributed by atoms with van der Waals surface area (Å²) < 4.78 is 0. The van der Waals surface area contributed by atoms with Crippen LogP contribution >= 0.6 is 11.3 Å². The first-order valence-electron chi connectivity index (χ1n) is 6.40. The topological polar surface area (TPSA) is 75.9 Å². The van der Waals surface area contributed by atoms with Crippen molar-refractivity contribution < 1.29 is 0 Å². The summed E-state index contributed by atoms with van der Waals surface area (Å²) in [5, 5.41) is 5.70. The zero-order valence-corrected chi connectivity index (χ0v) is 11.6. The van der Waals surface area contributed by atoms with E-state index in [9.17, 15) is 0 Å². The van der Waals surface area contributed by atoms with Crippen LogP contribution in [0.4, 0.5) is 11.6 Å². The summed E-state index contributed by atoms with van der Waals surface area (Å²) in [5.41, 5.74) is 4.96. The monoisotopic (exact) mass is 275 g/mol. The second-order valence-electron chi connectivity index (χ2n) is 4.73. The van der Waals surface area contributed by atoms with Crippen LogP contribution in [0.15, 0.2) is 17.8 Å². The molecule has 0 spiro atoms. The lowest BCUT2D eigenvalue weighted by molar-refractivity contribution is 0.606. The van der Waals surface area contributed by atoms with Gasteiger partial charge in [0, 0.05) is 10.4 Å². The lowest BCUT2D eigenvalue weighted by atomic mass is 9.94. The van der Waals surface area contributed by atoms with Gasteiger partial charge in [0.25, 0.3) is 0 Å². The Balaban J connectivity index is 1.87. The van der Waals surface area contributed by atoms with Crippen LogP contribution in [-0.2, 0) is 6.42 Å². The van der Waals surface area contributed by atoms with Crippen LogP contribution in [0.5, 0.6) is 0 Å². The van der Waals surface area contributed by atoms with Crippen LogP contribution in [-0.4, -0.2) is 9.97 Å². The molecular weight excluding hydrogens is 258 g/mol. The Morgan fingerprint density at radius 3 is 3.05 bits per heavy atom. The molecule has 1 unspecified atom stereocenters. The third-order valence-electron chi connectivity index (χ3n) is 3.58. The van der Waals surface area contributed by atoms with Crippen molar-refractivity contribution in [2.75, 3.05) is 10.7 Å². The average Bonchev–Trinajstić information content (AvgIpc) is 2.90. The van der Waals surface area contributed by atoms with Crippen molar-refractivity contribution in [1.29, 1.82) is 0 Å². The first kappa shape index (κ1) is 12.4. The summed E-state index contributed by atoms with van der Waals surface area (Å²) in [6.07, 6.45) is 5.08. The van der Waals surface area contributed by atoms with Gasteiger partial charge in [-0.05, 0) is 43.2 Å². The van der Waals surface area contributed by atoms with E-state index in [0.29, 0.717) is 11.9 Å². The van der Waals surface area contributed by atoms with Gasteiger partial charge in [-0.25, -0.2) is 15.8 Å². The second-order valence-corrected chi connectivity index (χ2v) is 5.73. The van der Waals surface area contributed by atoms with E-state index in [1.54, 1.807) is 0 Å². The largest absolute Gasteiger partial charge is 0.363 e. The van der Waals surface area contributed by atoms with E-state index in [0.717, 1.165) is 17.8 Å². The van der Waals surface area contributed by atoms with Crippen molar-refractivity contribution in [1.82, 2.24) is 9.97 Å². The number of fused-ring (bicyclic) bond motifs is 1. The van der Waals surface area contributed by atoms with Crippen molar-refractivity contribution in [2.45, 2.75) is 32.2 Å². The molecule has 0 amide bonds. The predicted octanol–water partition coefficient (Wildman–Crippen LogP) is 2.62. The van der Waals surface area contributed by atoms with Gasteiger partial charge in [0.15, 0.2) is 0 Å². The van der Waals surface area contributed by atoms with E-state index in [4.69, 9.17) is 5.84 Å². The van der Waals surface area contributed by atoms with E-state index in [2.05, 4.69) is 32.2 Å². The molecule has 1 atom stereocenters. The van der Waals surface area contributed by atoms with Crippen molar-refractivity contribution >= 4 is 23.0 Å². The molecule has 6 heteroatoms. The van der Waals surface area contributed by atoms with E-state index in [1.165, 1.54) is 29.6 Å². The van der Waals surface area contributed by atoms with E-state index < -0.39 is 0 Å². The highest BCUT2D eigenvalue weighted by Crippen LogP contribution is 2.35. The SMILES string of the molecule is Cc1c(NN)ncnc1NC1CCCc2sccc21. The van der Waals surface area contributed by atoms with Gasteiger partial charge in [-0.2, -0.15) is 0 Å². The van der Waals surface area contributed by atoms with Crippen molar-refractivity contribution in [2.24, 2.45) is 5.84 Å². The Labute approximate surface area is 116 Å². The van der Waals surface area contributed by atoms with Crippen LogP contribution in [0.1, 0.15) is 34.9 Å². The fourth-order valence-electron chi connectivity index (χ4n) is 2.54. The third kappa shape index (κ3) is 2.29. The van der Waals surface area contributed by atoms with Crippen LogP contribution in [0, 0.1) is 6.92 Å². The lowest BCUT2D eigenvalue weighted by Gasteiger charge is -2.25. The molecule has 0 bridgehead atoms. The van der Waals surface area contributed by atoms with Gasteiger partial charge >= 0.3 is 0 Å². The minimum Gasteiger partial charge on any atom is -0.363 e. The molecule has 1 aliphatic rings. The number of rotatable bonds is 3. The molecular formula is C13H17N5S. The lowest BCUT2D eigenvalue weighted by Crippen LogP contribution is -2.18. The highest BCUT2D eigenvalue weighted by atomic mass is 32.1.